The number of hydrogen-bond donors (Lipinski definition) is 1. The van der Waals surface area contributed by atoms with Crippen molar-refractivity contribution in [3.05, 3.63) is 28.2 Å². The second kappa shape index (κ2) is 6.64. The summed E-state index contributed by atoms with van der Waals surface area (Å²) in [5.74, 6) is 0.0657. The molecular formula is C13H18BrNO2. The lowest BCUT2D eigenvalue weighted by atomic mass is 10.1. The number of esters is 1. The van der Waals surface area contributed by atoms with Crippen molar-refractivity contribution in [2.45, 2.75) is 26.7 Å². The van der Waals surface area contributed by atoms with Crippen LogP contribution in [0.15, 0.2) is 22.7 Å². The molecule has 94 valence electrons. The molecule has 1 aromatic rings. The number of anilines is 1. The number of nitrogen functional groups attached to an aromatic ring is 1. The van der Waals surface area contributed by atoms with Gasteiger partial charge in [-0.3, -0.25) is 0 Å². The molecule has 1 unspecified atom stereocenters. The van der Waals surface area contributed by atoms with Gasteiger partial charge in [0.1, 0.15) is 0 Å². The molecule has 0 aliphatic heterocycles. The van der Waals surface area contributed by atoms with Crippen LogP contribution >= 0.6 is 15.9 Å². The number of hydrogen-bond acceptors (Lipinski definition) is 3. The van der Waals surface area contributed by atoms with E-state index in [0.717, 1.165) is 12.8 Å². The third kappa shape index (κ3) is 4.04. The molecule has 0 amide bonds. The molecule has 4 heteroatoms. The fourth-order valence-electron chi connectivity index (χ4n) is 1.58. The van der Waals surface area contributed by atoms with Crippen LogP contribution < -0.4 is 5.73 Å². The summed E-state index contributed by atoms with van der Waals surface area (Å²) in [5.41, 5.74) is 6.73. The van der Waals surface area contributed by atoms with Crippen LogP contribution in [0.4, 0.5) is 5.69 Å². The van der Waals surface area contributed by atoms with E-state index in [-0.39, 0.29) is 5.97 Å². The Bertz CT molecular complexity index is 393. The molecule has 0 saturated heterocycles. The Morgan fingerprint density at radius 3 is 2.88 bits per heavy atom. The minimum absolute atomic E-state index is 0.327. The number of halogens is 1. The lowest BCUT2D eigenvalue weighted by Gasteiger charge is -2.12. The summed E-state index contributed by atoms with van der Waals surface area (Å²) in [4.78, 5) is 11.8. The van der Waals surface area contributed by atoms with Gasteiger partial charge in [0.25, 0.3) is 0 Å². The number of ether oxygens (including phenoxy) is 1. The van der Waals surface area contributed by atoms with E-state index in [1.165, 1.54) is 0 Å². The molecule has 0 radical (unpaired) electrons. The van der Waals surface area contributed by atoms with E-state index >= 15 is 0 Å². The number of benzene rings is 1. The molecule has 2 N–H and O–H groups in total. The standard InChI is InChI=1S/C13H18BrNO2/c1-3-5-9(2)8-17-13(16)10-6-4-7-11(15)12(10)14/h4,6-7,9H,3,5,8,15H2,1-2H3. The number of nitrogens with two attached hydrogens (primary N) is 1. The van der Waals surface area contributed by atoms with Crippen molar-refractivity contribution in [2.75, 3.05) is 12.3 Å². The van der Waals surface area contributed by atoms with Crippen LogP contribution in [-0.4, -0.2) is 12.6 Å². The highest BCUT2D eigenvalue weighted by molar-refractivity contribution is 9.10. The fourth-order valence-corrected chi connectivity index (χ4v) is 2.01. The van der Waals surface area contributed by atoms with Crippen molar-refractivity contribution < 1.29 is 9.53 Å². The van der Waals surface area contributed by atoms with Gasteiger partial charge in [0.2, 0.25) is 0 Å². The van der Waals surface area contributed by atoms with E-state index in [0.29, 0.717) is 28.2 Å². The lowest BCUT2D eigenvalue weighted by Crippen LogP contribution is -2.13. The summed E-state index contributed by atoms with van der Waals surface area (Å²) in [6, 6.07) is 5.18. The average Bonchev–Trinajstić information content (AvgIpc) is 2.30. The first-order valence-electron chi connectivity index (χ1n) is 5.77. The van der Waals surface area contributed by atoms with E-state index in [2.05, 4.69) is 29.8 Å². The lowest BCUT2D eigenvalue weighted by molar-refractivity contribution is 0.0442. The Morgan fingerprint density at radius 2 is 2.24 bits per heavy atom. The first-order valence-corrected chi connectivity index (χ1v) is 6.56. The third-order valence-corrected chi connectivity index (χ3v) is 3.41. The molecule has 3 nitrogen and oxygen atoms in total. The molecule has 0 heterocycles. The van der Waals surface area contributed by atoms with Crippen LogP contribution in [0.1, 0.15) is 37.0 Å². The normalized spacial score (nSPS) is 12.2. The Morgan fingerprint density at radius 1 is 1.53 bits per heavy atom. The van der Waals surface area contributed by atoms with Crippen molar-refractivity contribution in [2.24, 2.45) is 5.92 Å². The number of rotatable bonds is 5. The van der Waals surface area contributed by atoms with Crippen molar-refractivity contribution in [3.63, 3.8) is 0 Å². The minimum atomic E-state index is -0.327. The zero-order valence-electron chi connectivity index (χ0n) is 10.2. The van der Waals surface area contributed by atoms with Gasteiger partial charge in [0.05, 0.1) is 16.6 Å². The Hall–Kier alpha value is -1.03. The SMILES string of the molecule is CCCC(C)COC(=O)c1cccc(N)c1Br. The molecule has 0 saturated carbocycles. The van der Waals surface area contributed by atoms with Gasteiger partial charge in [0, 0.05) is 5.69 Å². The first-order chi connectivity index (χ1) is 8.06. The van der Waals surface area contributed by atoms with Gasteiger partial charge in [-0.05, 0) is 40.4 Å². The molecule has 0 fully saturated rings. The predicted octanol–water partition coefficient (Wildman–Crippen LogP) is 3.62. The van der Waals surface area contributed by atoms with Crippen LogP contribution in [0.2, 0.25) is 0 Å². The second-order valence-corrected chi connectivity index (χ2v) is 4.99. The van der Waals surface area contributed by atoms with Crippen molar-refractivity contribution in [1.29, 1.82) is 0 Å². The van der Waals surface area contributed by atoms with Gasteiger partial charge in [-0.2, -0.15) is 0 Å². The summed E-state index contributed by atoms with van der Waals surface area (Å²) in [6.45, 7) is 4.64. The fraction of sp³-hybridized carbons (Fsp3) is 0.462. The molecule has 1 aromatic carbocycles. The molecule has 0 aliphatic rings. The van der Waals surface area contributed by atoms with E-state index in [1.807, 2.05) is 0 Å². The van der Waals surface area contributed by atoms with Gasteiger partial charge in [0.15, 0.2) is 0 Å². The zero-order valence-corrected chi connectivity index (χ0v) is 11.8. The van der Waals surface area contributed by atoms with Gasteiger partial charge < -0.3 is 10.5 Å². The maximum absolute atomic E-state index is 11.8. The van der Waals surface area contributed by atoms with E-state index in [9.17, 15) is 4.79 Å². The number of carbonyl (C=O) groups excluding carboxylic acids is 1. The molecule has 0 aliphatic carbocycles. The summed E-state index contributed by atoms with van der Waals surface area (Å²) >= 11 is 3.29. The van der Waals surface area contributed by atoms with Crippen LogP contribution in [0.25, 0.3) is 0 Å². The maximum atomic E-state index is 11.8. The topological polar surface area (TPSA) is 52.3 Å². The van der Waals surface area contributed by atoms with Crippen molar-refractivity contribution >= 4 is 27.6 Å². The highest BCUT2D eigenvalue weighted by atomic mass is 79.9. The molecule has 17 heavy (non-hydrogen) atoms. The average molecular weight is 300 g/mol. The monoisotopic (exact) mass is 299 g/mol. The molecular weight excluding hydrogens is 282 g/mol. The Kier molecular flexibility index (Phi) is 5.48. The van der Waals surface area contributed by atoms with Crippen molar-refractivity contribution in [3.8, 4) is 0 Å². The quantitative estimate of drug-likeness (QED) is 0.667. The van der Waals surface area contributed by atoms with Gasteiger partial charge >= 0.3 is 5.97 Å². The maximum Gasteiger partial charge on any atom is 0.339 e. The molecule has 1 rings (SSSR count). The van der Waals surface area contributed by atoms with Crippen LogP contribution in [0.3, 0.4) is 0 Å². The van der Waals surface area contributed by atoms with Crippen molar-refractivity contribution in [1.82, 2.24) is 0 Å². The zero-order chi connectivity index (χ0) is 12.8. The number of carbonyl (C=O) groups is 1. The molecule has 0 bridgehead atoms. The van der Waals surface area contributed by atoms with Crippen LogP contribution in [0, 0.1) is 5.92 Å². The summed E-state index contributed by atoms with van der Waals surface area (Å²) in [5, 5.41) is 0. The molecule has 1 atom stereocenters. The summed E-state index contributed by atoms with van der Waals surface area (Å²) in [6.07, 6.45) is 2.16. The predicted molar refractivity (Wildman–Crippen MR) is 72.9 cm³/mol. The highest BCUT2D eigenvalue weighted by Crippen LogP contribution is 2.24. The largest absolute Gasteiger partial charge is 0.462 e. The highest BCUT2D eigenvalue weighted by Gasteiger charge is 2.14. The molecule has 0 spiro atoms. The van der Waals surface area contributed by atoms with E-state index in [4.69, 9.17) is 10.5 Å². The smallest absolute Gasteiger partial charge is 0.339 e. The van der Waals surface area contributed by atoms with E-state index in [1.54, 1.807) is 18.2 Å². The third-order valence-electron chi connectivity index (χ3n) is 2.53. The second-order valence-electron chi connectivity index (χ2n) is 4.20. The van der Waals surface area contributed by atoms with Gasteiger partial charge in [-0.1, -0.05) is 26.3 Å². The molecule has 0 aromatic heterocycles. The van der Waals surface area contributed by atoms with Gasteiger partial charge in [-0.15, -0.1) is 0 Å². The summed E-state index contributed by atoms with van der Waals surface area (Å²) < 4.78 is 5.86. The first kappa shape index (κ1) is 14.0. The summed E-state index contributed by atoms with van der Waals surface area (Å²) in [7, 11) is 0. The Labute approximate surface area is 110 Å². The van der Waals surface area contributed by atoms with Crippen LogP contribution in [0.5, 0.6) is 0 Å². The Balaban J connectivity index is 2.61. The van der Waals surface area contributed by atoms with Gasteiger partial charge in [-0.25, -0.2) is 4.79 Å². The van der Waals surface area contributed by atoms with E-state index < -0.39 is 0 Å². The minimum Gasteiger partial charge on any atom is -0.462 e. The van der Waals surface area contributed by atoms with Crippen LogP contribution in [-0.2, 0) is 4.74 Å².